The molecule has 1 aliphatic heterocycles. The first-order chi connectivity index (χ1) is 8.72. The second kappa shape index (κ2) is 5.67. The van der Waals surface area contributed by atoms with Crippen LogP contribution in [0.2, 0.25) is 0 Å². The summed E-state index contributed by atoms with van der Waals surface area (Å²) in [6, 6.07) is 9.84. The van der Waals surface area contributed by atoms with Crippen molar-refractivity contribution in [3.8, 4) is 0 Å². The third-order valence-electron chi connectivity index (χ3n) is 3.01. The molecule has 0 aromatic heterocycles. The van der Waals surface area contributed by atoms with E-state index >= 15 is 0 Å². The van der Waals surface area contributed by atoms with Crippen molar-refractivity contribution in [2.75, 3.05) is 6.54 Å². The van der Waals surface area contributed by atoms with Gasteiger partial charge in [-0.25, -0.2) is 9.80 Å². The summed E-state index contributed by atoms with van der Waals surface area (Å²) in [5.74, 6) is 0. The minimum absolute atomic E-state index is 0.0437. The number of amides is 2. The average Bonchev–Trinajstić information content (AvgIpc) is 2.39. The minimum atomic E-state index is -0.101. The van der Waals surface area contributed by atoms with E-state index in [1.807, 2.05) is 37.3 Å². The van der Waals surface area contributed by atoms with Gasteiger partial charge in [-0.05, 0) is 18.9 Å². The standard InChI is InChI=1S/C14H19N3O/c1-3-4-10-17-14(18)15-11(2)13(16-17)12-8-6-5-7-9-12/h5-9,11H,3-4,10H2,1-2H3,(H,15,18). The molecule has 0 bridgehead atoms. The molecule has 2 amide bonds. The molecular formula is C14H19N3O. The zero-order valence-electron chi connectivity index (χ0n) is 10.9. The number of hydrogen-bond acceptors (Lipinski definition) is 2. The summed E-state index contributed by atoms with van der Waals surface area (Å²) >= 11 is 0. The molecule has 0 saturated carbocycles. The van der Waals surface area contributed by atoms with Crippen LogP contribution in [0.5, 0.6) is 0 Å². The highest BCUT2D eigenvalue weighted by Crippen LogP contribution is 2.12. The maximum absolute atomic E-state index is 11.8. The highest BCUT2D eigenvalue weighted by Gasteiger charge is 2.25. The first-order valence-corrected chi connectivity index (χ1v) is 6.44. The number of benzene rings is 1. The molecule has 1 N–H and O–H groups in total. The normalized spacial score (nSPS) is 19.4. The van der Waals surface area contributed by atoms with E-state index < -0.39 is 0 Å². The molecule has 1 aliphatic rings. The van der Waals surface area contributed by atoms with Crippen molar-refractivity contribution in [2.24, 2.45) is 5.10 Å². The Bertz CT molecular complexity index is 442. The SMILES string of the molecule is CCCCN1N=C(c2ccccc2)C(C)NC1=O. The minimum Gasteiger partial charge on any atom is -0.328 e. The number of rotatable bonds is 4. The fraction of sp³-hybridized carbons (Fsp3) is 0.429. The van der Waals surface area contributed by atoms with Gasteiger partial charge in [0.05, 0.1) is 11.8 Å². The van der Waals surface area contributed by atoms with E-state index in [1.54, 1.807) is 0 Å². The van der Waals surface area contributed by atoms with Crippen molar-refractivity contribution < 1.29 is 4.79 Å². The Morgan fingerprint density at radius 2 is 2.06 bits per heavy atom. The second-order valence-corrected chi connectivity index (χ2v) is 4.50. The van der Waals surface area contributed by atoms with E-state index in [9.17, 15) is 4.79 Å². The lowest BCUT2D eigenvalue weighted by molar-refractivity contribution is 0.193. The molecule has 4 heteroatoms. The Morgan fingerprint density at radius 3 is 2.72 bits per heavy atom. The summed E-state index contributed by atoms with van der Waals surface area (Å²) in [5.41, 5.74) is 1.98. The highest BCUT2D eigenvalue weighted by molar-refractivity contribution is 6.07. The first kappa shape index (κ1) is 12.6. The van der Waals surface area contributed by atoms with Gasteiger partial charge < -0.3 is 5.32 Å². The van der Waals surface area contributed by atoms with E-state index in [2.05, 4.69) is 17.3 Å². The molecule has 1 aromatic rings. The molecule has 1 heterocycles. The molecule has 4 nitrogen and oxygen atoms in total. The maximum atomic E-state index is 11.8. The molecule has 18 heavy (non-hydrogen) atoms. The molecule has 0 aliphatic carbocycles. The zero-order chi connectivity index (χ0) is 13.0. The van der Waals surface area contributed by atoms with E-state index in [0.29, 0.717) is 6.54 Å². The van der Waals surface area contributed by atoms with E-state index in [-0.39, 0.29) is 12.1 Å². The van der Waals surface area contributed by atoms with Gasteiger partial charge in [-0.3, -0.25) is 0 Å². The lowest BCUT2D eigenvalue weighted by atomic mass is 10.0. The zero-order valence-corrected chi connectivity index (χ0v) is 10.9. The number of hydrazone groups is 1. The number of carbonyl (C=O) groups excluding carboxylic acids is 1. The van der Waals surface area contributed by atoms with Crippen LogP contribution in [-0.4, -0.2) is 29.3 Å². The Kier molecular flexibility index (Phi) is 3.97. The van der Waals surface area contributed by atoms with Crippen LogP contribution in [0, 0.1) is 0 Å². The lowest BCUT2D eigenvalue weighted by Crippen LogP contribution is -2.50. The average molecular weight is 245 g/mol. The second-order valence-electron chi connectivity index (χ2n) is 4.50. The third-order valence-corrected chi connectivity index (χ3v) is 3.01. The molecule has 0 spiro atoms. The van der Waals surface area contributed by atoms with E-state index in [0.717, 1.165) is 24.1 Å². The predicted octanol–water partition coefficient (Wildman–Crippen LogP) is 2.60. The molecule has 96 valence electrons. The van der Waals surface area contributed by atoms with E-state index in [1.165, 1.54) is 5.01 Å². The summed E-state index contributed by atoms with van der Waals surface area (Å²) < 4.78 is 0. The van der Waals surface area contributed by atoms with Crippen molar-refractivity contribution in [1.29, 1.82) is 0 Å². The van der Waals surface area contributed by atoms with Crippen molar-refractivity contribution in [3.05, 3.63) is 35.9 Å². The summed E-state index contributed by atoms with van der Waals surface area (Å²) in [5, 5.41) is 8.97. The van der Waals surface area contributed by atoms with Crippen LogP contribution in [0.3, 0.4) is 0 Å². The maximum Gasteiger partial charge on any atom is 0.338 e. The molecule has 0 radical (unpaired) electrons. The van der Waals surface area contributed by atoms with Crippen LogP contribution in [0.25, 0.3) is 0 Å². The van der Waals surface area contributed by atoms with Gasteiger partial charge in [-0.15, -0.1) is 0 Å². The van der Waals surface area contributed by atoms with Gasteiger partial charge in [0.2, 0.25) is 0 Å². The number of carbonyl (C=O) groups is 1. The van der Waals surface area contributed by atoms with Gasteiger partial charge in [-0.2, -0.15) is 5.10 Å². The van der Waals surface area contributed by atoms with Crippen LogP contribution >= 0.6 is 0 Å². The van der Waals surface area contributed by atoms with Gasteiger partial charge in [0.15, 0.2) is 0 Å². The highest BCUT2D eigenvalue weighted by atomic mass is 16.2. The van der Waals surface area contributed by atoms with Crippen molar-refractivity contribution in [1.82, 2.24) is 10.3 Å². The van der Waals surface area contributed by atoms with Crippen LogP contribution in [0.4, 0.5) is 4.79 Å². The summed E-state index contributed by atoms with van der Waals surface area (Å²) in [6.45, 7) is 4.73. The van der Waals surface area contributed by atoms with Gasteiger partial charge in [-0.1, -0.05) is 43.7 Å². The number of hydrogen-bond donors (Lipinski definition) is 1. The molecule has 1 unspecified atom stereocenters. The molecular weight excluding hydrogens is 226 g/mol. The summed E-state index contributed by atoms with van der Waals surface area (Å²) in [4.78, 5) is 11.8. The molecule has 0 saturated heterocycles. The first-order valence-electron chi connectivity index (χ1n) is 6.44. The van der Waals surface area contributed by atoms with Gasteiger partial charge in [0.25, 0.3) is 0 Å². The topological polar surface area (TPSA) is 44.7 Å². The number of unbranched alkanes of at least 4 members (excludes halogenated alkanes) is 1. The fourth-order valence-electron chi connectivity index (χ4n) is 1.97. The lowest BCUT2D eigenvalue weighted by Gasteiger charge is -2.28. The van der Waals surface area contributed by atoms with Crippen molar-refractivity contribution in [3.63, 3.8) is 0 Å². The third kappa shape index (κ3) is 2.70. The Balaban J connectivity index is 2.24. The van der Waals surface area contributed by atoms with Crippen molar-refractivity contribution in [2.45, 2.75) is 32.7 Å². The quantitative estimate of drug-likeness (QED) is 0.870. The molecule has 1 aromatic carbocycles. The van der Waals surface area contributed by atoms with Gasteiger partial charge in [0, 0.05) is 6.54 Å². The Labute approximate surface area is 108 Å². The summed E-state index contributed by atoms with van der Waals surface area (Å²) in [6.07, 6.45) is 2.02. The van der Waals surface area contributed by atoms with E-state index in [4.69, 9.17) is 0 Å². The predicted molar refractivity (Wildman–Crippen MR) is 72.6 cm³/mol. The number of nitrogens with zero attached hydrogens (tertiary/aromatic N) is 2. The van der Waals surface area contributed by atoms with Crippen LogP contribution in [0.15, 0.2) is 35.4 Å². The van der Waals surface area contributed by atoms with Gasteiger partial charge in [0.1, 0.15) is 0 Å². The number of nitrogens with one attached hydrogen (secondary N) is 1. The molecule has 0 fully saturated rings. The Hall–Kier alpha value is -1.84. The number of urea groups is 1. The Morgan fingerprint density at radius 1 is 1.33 bits per heavy atom. The van der Waals surface area contributed by atoms with Crippen LogP contribution in [-0.2, 0) is 0 Å². The van der Waals surface area contributed by atoms with Crippen LogP contribution in [0.1, 0.15) is 32.3 Å². The van der Waals surface area contributed by atoms with Gasteiger partial charge >= 0.3 is 6.03 Å². The molecule has 2 rings (SSSR count). The molecule has 1 atom stereocenters. The van der Waals surface area contributed by atoms with Crippen LogP contribution < -0.4 is 5.32 Å². The summed E-state index contributed by atoms with van der Waals surface area (Å²) in [7, 11) is 0. The smallest absolute Gasteiger partial charge is 0.328 e. The van der Waals surface area contributed by atoms with Crippen molar-refractivity contribution >= 4 is 11.7 Å². The largest absolute Gasteiger partial charge is 0.338 e. The fourth-order valence-corrected chi connectivity index (χ4v) is 1.97. The monoisotopic (exact) mass is 245 g/mol.